The second-order valence-electron chi connectivity index (χ2n) is 8.82. The van der Waals surface area contributed by atoms with Crippen molar-refractivity contribution in [2.45, 2.75) is 0 Å². The molecule has 0 spiro atoms. The van der Waals surface area contributed by atoms with Gasteiger partial charge in [0.2, 0.25) is 0 Å². The number of hydrogen-bond acceptors (Lipinski definition) is 4. The van der Waals surface area contributed by atoms with E-state index in [0.29, 0.717) is 5.44 Å². The van der Waals surface area contributed by atoms with Crippen LogP contribution in [0, 0.1) is 0 Å². The van der Waals surface area contributed by atoms with Crippen LogP contribution in [-0.4, -0.2) is 15.0 Å². The summed E-state index contributed by atoms with van der Waals surface area (Å²) in [5, 5.41) is 6.32. The van der Waals surface area contributed by atoms with Gasteiger partial charge < -0.3 is 4.57 Å². The third-order valence-electron chi connectivity index (χ3n) is 6.79. The maximum Gasteiger partial charge on any atom is 0.189 e. The van der Waals surface area contributed by atoms with Crippen molar-refractivity contribution in [3.63, 3.8) is 0 Å². The quantitative estimate of drug-likeness (QED) is 0.225. The summed E-state index contributed by atoms with van der Waals surface area (Å²) in [6.45, 7) is 0. The van der Waals surface area contributed by atoms with E-state index in [0.717, 1.165) is 54.1 Å². The van der Waals surface area contributed by atoms with Crippen LogP contribution in [0.3, 0.4) is 0 Å². The van der Waals surface area contributed by atoms with E-state index in [4.69, 9.17) is 9.97 Å². The lowest BCUT2D eigenvalue weighted by molar-refractivity contribution is 0.592. The van der Waals surface area contributed by atoms with Gasteiger partial charge in [0, 0.05) is 49.9 Å². The number of hydrogen-bond donors (Lipinski definition) is 0. The molecule has 0 radical (unpaired) electrons. The first-order chi connectivity index (χ1) is 17.7. The third-order valence-corrected chi connectivity index (χ3v) is 9.78. The van der Waals surface area contributed by atoms with Crippen LogP contribution in [-0.2, 0) is 4.57 Å². The van der Waals surface area contributed by atoms with Crippen molar-refractivity contribution >= 4 is 66.7 Å². The molecule has 7 rings (SSSR count). The second kappa shape index (κ2) is 8.08. The highest BCUT2D eigenvalue weighted by atomic mass is 31.2. The fourth-order valence-electron chi connectivity index (χ4n) is 5.13. The highest BCUT2D eigenvalue weighted by molar-refractivity contribution is 7.85. The number of nitrogens with zero attached hydrogens (tertiary/aromatic N) is 3. The van der Waals surface area contributed by atoms with Gasteiger partial charge in [0.05, 0.1) is 16.6 Å². The zero-order valence-corrected chi connectivity index (χ0v) is 20.1. The van der Waals surface area contributed by atoms with Gasteiger partial charge >= 0.3 is 0 Å². The Bertz CT molecular complexity index is 1930. The number of pyridine rings is 3. The molecule has 170 valence electrons. The Kier molecular flexibility index (Phi) is 4.70. The number of fused-ring (bicyclic) bond motifs is 7. The van der Waals surface area contributed by atoms with Gasteiger partial charge in [-0.15, -0.1) is 0 Å². The maximum absolute atomic E-state index is 15.3. The minimum Gasteiger partial charge on any atom is -0.307 e. The fourth-order valence-corrected chi connectivity index (χ4v) is 7.86. The average Bonchev–Trinajstić information content (AvgIpc) is 2.96. The van der Waals surface area contributed by atoms with Gasteiger partial charge in [-0.3, -0.25) is 9.97 Å². The average molecular weight is 481 g/mol. The summed E-state index contributed by atoms with van der Waals surface area (Å²) < 4.78 is 15.3. The molecule has 0 saturated heterocycles. The van der Waals surface area contributed by atoms with Crippen molar-refractivity contribution in [1.29, 1.82) is 0 Å². The summed E-state index contributed by atoms with van der Waals surface area (Å²) in [4.78, 5) is 14.6. The van der Waals surface area contributed by atoms with Gasteiger partial charge in [-0.25, -0.2) is 4.98 Å². The molecule has 0 aliphatic heterocycles. The van der Waals surface area contributed by atoms with E-state index < -0.39 is 7.14 Å². The summed E-state index contributed by atoms with van der Waals surface area (Å²) in [7, 11) is -3.32. The highest BCUT2D eigenvalue weighted by Gasteiger charge is 2.34. The Balaban J connectivity index is 1.70. The molecule has 0 amide bonds. The van der Waals surface area contributed by atoms with Gasteiger partial charge in [0.1, 0.15) is 5.44 Å². The van der Waals surface area contributed by atoms with Gasteiger partial charge in [-0.2, -0.15) is 0 Å². The van der Waals surface area contributed by atoms with Gasteiger partial charge in [-0.05, 0) is 12.1 Å². The Morgan fingerprint density at radius 1 is 0.556 bits per heavy atom. The van der Waals surface area contributed by atoms with Crippen LogP contribution in [0.4, 0.5) is 0 Å². The summed E-state index contributed by atoms with van der Waals surface area (Å²) in [5.41, 5.74) is 3.05. The zero-order valence-electron chi connectivity index (χ0n) is 19.2. The molecule has 7 aromatic rings. The predicted molar refractivity (Wildman–Crippen MR) is 149 cm³/mol. The summed E-state index contributed by atoms with van der Waals surface area (Å²) in [5.74, 6) is 0. The van der Waals surface area contributed by atoms with Crippen LogP contribution in [0.5, 0.6) is 0 Å². The Labute approximate surface area is 207 Å². The second-order valence-corrected chi connectivity index (χ2v) is 11.5. The normalized spacial score (nSPS) is 12.0. The third kappa shape index (κ3) is 3.02. The van der Waals surface area contributed by atoms with E-state index in [1.165, 1.54) is 0 Å². The molecule has 3 aromatic heterocycles. The molecule has 0 saturated carbocycles. The van der Waals surface area contributed by atoms with Crippen LogP contribution in [0.25, 0.3) is 43.5 Å². The lowest BCUT2D eigenvalue weighted by Crippen LogP contribution is -2.27. The van der Waals surface area contributed by atoms with Crippen molar-refractivity contribution in [3.8, 4) is 0 Å². The van der Waals surface area contributed by atoms with E-state index in [1.807, 2.05) is 97.2 Å². The van der Waals surface area contributed by atoms with E-state index in [-0.39, 0.29) is 0 Å². The molecule has 0 aliphatic rings. The molecule has 0 atom stereocenters. The molecule has 0 aliphatic carbocycles. The smallest absolute Gasteiger partial charge is 0.189 e. The highest BCUT2D eigenvalue weighted by Crippen LogP contribution is 2.45. The minimum absolute atomic E-state index is 0.559. The first kappa shape index (κ1) is 20.9. The molecule has 36 heavy (non-hydrogen) atoms. The van der Waals surface area contributed by atoms with Crippen molar-refractivity contribution in [3.05, 3.63) is 122 Å². The number of rotatable bonds is 3. The molecule has 5 heteroatoms. The summed E-state index contributed by atoms with van der Waals surface area (Å²) >= 11 is 0. The van der Waals surface area contributed by atoms with E-state index in [9.17, 15) is 0 Å². The molecular formula is C31H20N3OP. The largest absolute Gasteiger partial charge is 0.307 e. The molecule has 0 fully saturated rings. The van der Waals surface area contributed by atoms with Crippen LogP contribution in [0.15, 0.2) is 122 Å². The van der Waals surface area contributed by atoms with E-state index in [1.54, 1.807) is 6.20 Å². The van der Waals surface area contributed by atoms with E-state index in [2.05, 4.69) is 23.2 Å². The van der Waals surface area contributed by atoms with Crippen LogP contribution < -0.4 is 16.0 Å². The lowest BCUT2D eigenvalue weighted by atomic mass is 10.0. The fraction of sp³-hybridized carbons (Fsp3) is 0. The number of aromatic nitrogens is 3. The molecule has 4 nitrogen and oxygen atoms in total. The van der Waals surface area contributed by atoms with Gasteiger partial charge in [-0.1, -0.05) is 97.1 Å². The molecule has 4 aromatic carbocycles. The topological polar surface area (TPSA) is 55.7 Å². The predicted octanol–water partition coefficient (Wildman–Crippen LogP) is 6.12. The van der Waals surface area contributed by atoms with Crippen molar-refractivity contribution in [2.24, 2.45) is 0 Å². The van der Waals surface area contributed by atoms with Gasteiger partial charge in [0.25, 0.3) is 0 Å². The molecule has 0 N–H and O–H groups in total. The van der Waals surface area contributed by atoms with Gasteiger partial charge in [0.15, 0.2) is 7.14 Å². The molecular weight excluding hydrogens is 461 g/mol. The van der Waals surface area contributed by atoms with Crippen LogP contribution in [0.2, 0.25) is 0 Å². The number of para-hydroxylation sites is 1. The summed E-state index contributed by atoms with van der Waals surface area (Å²) in [6.07, 6.45) is 3.63. The maximum atomic E-state index is 15.3. The van der Waals surface area contributed by atoms with Crippen LogP contribution >= 0.6 is 7.14 Å². The monoisotopic (exact) mass is 481 g/mol. The Morgan fingerprint density at radius 2 is 1.25 bits per heavy atom. The van der Waals surface area contributed by atoms with Crippen LogP contribution in [0.1, 0.15) is 0 Å². The molecule has 0 bridgehead atoms. The lowest BCUT2D eigenvalue weighted by Gasteiger charge is -2.22. The van der Waals surface area contributed by atoms with E-state index >= 15 is 4.57 Å². The molecule has 0 unspecified atom stereocenters. The Hall–Kier alpha value is -4.40. The number of benzene rings is 4. The zero-order chi connectivity index (χ0) is 24.1. The Morgan fingerprint density at radius 3 is 2.00 bits per heavy atom. The minimum atomic E-state index is -3.32. The SMILES string of the molecule is O=P(c1ccccc1)(c1ccccc1)c1nc2ccccc2c2c1cnc1c2ccc2cccnc21. The first-order valence-corrected chi connectivity index (χ1v) is 13.5. The van der Waals surface area contributed by atoms with Crippen molar-refractivity contribution in [1.82, 2.24) is 15.0 Å². The van der Waals surface area contributed by atoms with Crippen molar-refractivity contribution < 1.29 is 4.57 Å². The molecule has 3 heterocycles. The first-order valence-electron chi connectivity index (χ1n) is 11.8. The van der Waals surface area contributed by atoms with Crippen molar-refractivity contribution in [2.75, 3.05) is 0 Å². The summed E-state index contributed by atoms with van der Waals surface area (Å²) in [6, 6.07) is 35.5. The standard InChI is InChI=1S/C31H20N3OP/c35-36(22-11-3-1-4-12-22,23-13-5-2-6-14-23)31-26-20-33-30-25(18-17-21-10-9-19-32-29(21)30)28(26)24-15-7-8-16-27(24)34-31/h1-20H.